The van der Waals surface area contributed by atoms with Gasteiger partial charge in [0, 0.05) is 38.0 Å². The van der Waals surface area contributed by atoms with E-state index in [1.54, 1.807) is 24.1 Å². The molecule has 0 aromatic heterocycles. The monoisotopic (exact) mass is 290 g/mol. The van der Waals surface area contributed by atoms with Crippen LogP contribution in [0.4, 0.5) is 0 Å². The minimum Gasteiger partial charge on any atom is -0.346 e. The molecule has 1 rings (SSSR count). The lowest BCUT2D eigenvalue weighted by Crippen LogP contribution is -2.34. The number of carbonyl (C=O) groups excluding carboxylic acids is 2. The molecule has 0 radical (unpaired) electrons. The van der Waals surface area contributed by atoms with E-state index >= 15 is 0 Å². The third kappa shape index (κ3) is 6.08. The van der Waals surface area contributed by atoms with Gasteiger partial charge in [-0.05, 0) is 12.3 Å². The van der Waals surface area contributed by atoms with Crippen molar-refractivity contribution in [3.8, 4) is 0 Å². The third-order valence-corrected chi connectivity index (χ3v) is 3.74. The molecule has 1 aromatic rings. The number of benzene rings is 1. The van der Waals surface area contributed by atoms with Crippen LogP contribution in [-0.2, 0) is 4.79 Å². The number of hydrogen-bond acceptors (Lipinski definition) is 3. The summed E-state index contributed by atoms with van der Waals surface area (Å²) in [5, 5.41) is 0. The Morgan fingerprint density at radius 1 is 1.14 bits per heavy atom. The van der Waals surface area contributed by atoms with Crippen molar-refractivity contribution in [1.82, 2.24) is 4.90 Å². The summed E-state index contributed by atoms with van der Waals surface area (Å²) in [5.41, 5.74) is 6.63. The molecule has 1 unspecified atom stereocenters. The molecule has 2 N–H and O–H groups in total. The number of Topliss-reactive ketones (excluding diaryl/α,β-unsaturated/α-hetero) is 1. The van der Waals surface area contributed by atoms with Crippen molar-refractivity contribution in [2.24, 2.45) is 11.7 Å². The maximum absolute atomic E-state index is 12.0. The lowest BCUT2D eigenvalue weighted by Gasteiger charge is -2.21. The minimum absolute atomic E-state index is 0.00441. The molecule has 1 aromatic carbocycles. The first-order valence-electron chi connectivity index (χ1n) is 7.49. The molecule has 0 saturated heterocycles. The predicted octanol–water partition coefficient (Wildman–Crippen LogP) is 2.48. The van der Waals surface area contributed by atoms with Crippen LogP contribution in [-0.4, -0.2) is 36.2 Å². The Labute approximate surface area is 127 Å². The van der Waals surface area contributed by atoms with Crippen LogP contribution in [0.2, 0.25) is 0 Å². The number of nitrogens with two attached hydrogens (primary N) is 1. The van der Waals surface area contributed by atoms with Crippen molar-refractivity contribution in [2.45, 2.75) is 39.2 Å². The fourth-order valence-electron chi connectivity index (χ4n) is 1.98. The molecule has 1 amide bonds. The van der Waals surface area contributed by atoms with E-state index in [2.05, 4.69) is 13.8 Å². The van der Waals surface area contributed by atoms with Crippen LogP contribution in [0.1, 0.15) is 43.5 Å². The molecule has 4 nitrogen and oxygen atoms in total. The second-order valence-corrected chi connectivity index (χ2v) is 5.80. The second-order valence-electron chi connectivity index (χ2n) is 5.80. The molecule has 0 bridgehead atoms. The second kappa shape index (κ2) is 8.57. The van der Waals surface area contributed by atoms with Gasteiger partial charge in [0.1, 0.15) is 0 Å². The Hall–Kier alpha value is -1.68. The van der Waals surface area contributed by atoms with E-state index in [1.807, 2.05) is 18.2 Å². The van der Waals surface area contributed by atoms with Crippen molar-refractivity contribution in [3.05, 3.63) is 35.9 Å². The molecular weight excluding hydrogens is 264 g/mol. The van der Waals surface area contributed by atoms with Crippen LogP contribution in [0.5, 0.6) is 0 Å². The quantitative estimate of drug-likeness (QED) is 0.748. The van der Waals surface area contributed by atoms with Crippen LogP contribution in [0, 0.1) is 5.92 Å². The Kier molecular flexibility index (Phi) is 7.09. The molecule has 0 saturated carbocycles. The molecule has 1 atom stereocenters. The highest BCUT2D eigenvalue weighted by atomic mass is 16.2. The normalized spacial score (nSPS) is 12.2. The van der Waals surface area contributed by atoms with Crippen molar-refractivity contribution in [1.29, 1.82) is 0 Å². The number of rotatable bonds is 8. The van der Waals surface area contributed by atoms with Gasteiger partial charge >= 0.3 is 0 Å². The molecule has 0 aliphatic carbocycles. The smallest absolute Gasteiger partial charge is 0.222 e. The summed E-state index contributed by atoms with van der Waals surface area (Å²) in [4.78, 5) is 25.6. The van der Waals surface area contributed by atoms with Crippen LogP contribution < -0.4 is 5.73 Å². The van der Waals surface area contributed by atoms with Crippen LogP contribution >= 0.6 is 0 Å². The van der Waals surface area contributed by atoms with E-state index < -0.39 is 0 Å². The van der Waals surface area contributed by atoms with Gasteiger partial charge in [0.25, 0.3) is 0 Å². The molecule has 0 aliphatic rings. The maximum Gasteiger partial charge on any atom is 0.222 e. The van der Waals surface area contributed by atoms with Crippen molar-refractivity contribution in [3.63, 3.8) is 0 Å². The summed E-state index contributed by atoms with van der Waals surface area (Å²) >= 11 is 0. The highest BCUT2D eigenvalue weighted by Gasteiger charge is 2.14. The molecular formula is C17H26N2O2. The van der Waals surface area contributed by atoms with E-state index in [-0.39, 0.29) is 30.6 Å². The Morgan fingerprint density at radius 2 is 1.76 bits per heavy atom. The van der Waals surface area contributed by atoms with Gasteiger partial charge in [0.15, 0.2) is 5.78 Å². The third-order valence-electron chi connectivity index (χ3n) is 3.74. The number of nitrogens with zero attached hydrogens (tertiary/aromatic N) is 1. The zero-order chi connectivity index (χ0) is 15.8. The van der Waals surface area contributed by atoms with E-state index in [0.29, 0.717) is 18.0 Å². The minimum atomic E-state index is -0.00441. The summed E-state index contributed by atoms with van der Waals surface area (Å²) in [5.74, 6) is 0.416. The van der Waals surface area contributed by atoms with Crippen LogP contribution in [0.15, 0.2) is 30.3 Å². The van der Waals surface area contributed by atoms with E-state index in [0.717, 1.165) is 6.42 Å². The van der Waals surface area contributed by atoms with Crippen LogP contribution in [0.25, 0.3) is 0 Å². The lowest BCUT2D eigenvalue weighted by atomic mass is 10.0. The van der Waals surface area contributed by atoms with Gasteiger partial charge in [-0.25, -0.2) is 0 Å². The molecule has 0 heterocycles. The van der Waals surface area contributed by atoms with Gasteiger partial charge < -0.3 is 10.6 Å². The highest BCUT2D eigenvalue weighted by molar-refractivity contribution is 5.97. The average molecular weight is 290 g/mol. The molecule has 0 aliphatic heterocycles. The summed E-state index contributed by atoms with van der Waals surface area (Å²) in [6, 6.07) is 9.18. The lowest BCUT2D eigenvalue weighted by molar-refractivity contribution is -0.129. The van der Waals surface area contributed by atoms with E-state index in [4.69, 9.17) is 5.73 Å². The Morgan fingerprint density at radius 3 is 2.33 bits per heavy atom. The van der Waals surface area contributed by atoms with Gasteiger partial charge in [0.05, 0.1) is 0 Å². The molecule has 116 valence electrons. The van der Waals surface area contributed by atoms with E-state index in [9.17, 15) is 9.59 Å². The fourth-order valence-corrected chi connectivity index (χ4v) is 1.98. The standard InChI is InChI=1S/C17H26N2O2/c1-13(2)15(18)11-12-19(3)17(21)10-9-16(20)14-7-5-4-6-8-14/h4-8,13,15H,9-12,18H2,1-3H3. The highest BCUT2D eigenvalue weighted by Crippen LogP contribution is 2.08. The molecule has 4 heteroatoms. The number of hydrogen-bond donors (Lipinski definition) is 1. The summed E-state index contributed by atoms with van der Waals surface area (Å²) in [7, 11) is 1.77. The molecule has 0 fully saturated rings. The van der Waals surface area contributed by atoms with Crippen LogP contribution in [0.3, 0.4) is 0 Å². The predicted molar refractivity (Wildman–Crippen MR) is 85.1 cm³/mol. The van der Waals surface area contributed by atoms with Crippen molar-refractivity contribution >= 4 is 11.7 Å². The first-order valence-corrected chi connectivity index (χ1v) is 7.49. The average Bonchev–Trinajstić information content (AvgIpc) is 2.50. The van der Waals surface area contributed by atoms with Gasteiger partial charge in [-0.3, -0.25) is 9.59 Å². The molecule has 21 heavy (non-hydrogen) atoms. The van der Waals surface area contributed by atoms with Crippen molar-refractivity contribution < 1.29 is 9.59 Å². The van der Waals surface area contributed by atoms with Gasteiger partial charge in [-0.1, -0.05) is 44.2 Å². The first kappa shape index (κ1) is 17.4. The molecule has 0 spiro atoms. The maximum atomic E-state index is 12.0. The Balaban J connectivity index is 2.34. The zero-order valence-corrected chi connectivity index (χ0v) is 13.2. The van der Waals surface area contributed by atoms with E-state index in [1.165, 1.54) is 0 Å². The topological polar surface area (TPSA) is 63.4 Å². The van der Waals surface area contributed by atoms with Gasteiger partial charge in [-0.2, -0.15) is 0 Å². The largest absolute Gasteiger partial charge is 0.346 e. The zero-order valence-electron chi connectivity index (χ0n) is 13.2. The van der Waals surface area contributed by atoms with Crippen molar-refractivity contribution in [2.75, 3.05) is 13.6 Å². The Bertz CT molecular complexity index is 457. The first-order chi connectivity index (χ1) is 9.91. The van der Waals surface area contributed by atoms with Gasteiger partial charge in [-0.15, -0.1) is 0 Å². The summed E-state index contributed by atoms with van der Waals surface area (Å²) in [6.45, 7) is 4.79. The summed E-state index contributed by atoms with van der Waals surface area (Å²) in [6.07, 6.45) is 1.29. The fraction of sp³-hybridized carbons (Fsp3) is 0.529. The SMILES string of the molecule is CC(C)C(N)CCN(C)C(=O)CCC(=O)c1ccccc1. The number of ketones is 1. The van der Waals surface area contributed by atoms with Gasteiger partial charge in [0.2, 0.25) is 5.91 Å². The number of carbonyl (C=O) groups is 2. The number of amides is 1. The summed E-state index contributed by atoms with van der Waals surface area (Å²) < 4.78 is 0.